The van der Waals surface area contributed by atoms with Gasteiger partial charge in [0.05, 0.1) is 12.7 Å². The van der Waals surface area contributed by atoms with Crippen LogP contribution in [0, 0.1) is 0 Å². The second-order valence-corrected chi connectivity index (χ2v) is 4.88. The van der Waals surface area contributed by atoms with E-state index >= 15 is 0 Å². The van der Waals surface area contributed by atoms with Crippen LogP contribution in [0.15, 0.2) is 42.6 Å². The molecule has 0 aliphatic heterocycles. The van der Waals surface area contributed by atoms with E-state index in [9.17, 15) is 9.90 Å². The lowest BCUT2D eigenvalue weighted by atomic mass is 10.1. The molecule has 0 atom stereocenters. The molecular weight excluding hydrogens is 268 g/mol. The standard InChI is InChI=1S/C16H18N2O3/c1-11(2)21-10-12-5-7-13(8-6-12)16(20)18-15-14(19)4-3-9-17-15/h3-9,11,19H,10H2,1-2H3,(H,17,18,20). The molecule has 2 aromatic rings. The van der Waals surface area contributed by atoms with Gasteiger partial charge in [-0.1, -0.05) is 12.1 Å². The molecule has 1 heterocycles. The smallest absolute Gasteiger partial charge is 0.256 e. The van der Waals surface area contributed by atoms with Crippen LogP contribution in [0.5, 0.6) is 5.75 Å². The minimum Gasteiger partial charge on any atom is -0.504 e. The Labute approximate surface area is 123 Å². The highest BCUT2D eigenvalue weighted by atomic mass is 16.5. The summed E-state index contributed by atoms with van der Waals surface area (Å²) in [6, 6.07) is 10.2. The zero-order chi connectivity index (χ0) is 15.2. The molecule has 0 radical (unpaired) electrons. The fourth-order valence-corrected chi connectivity index (χ4v) is 1.69. The third kappa shape index (κ3) is 4.29. The van der Waals surface area contributed by atoms with Gasteiger partial charge in [0, 0.05) is 11.8 Å². The molecule has 5 nitrogen and oxygen atoms in total. The fraction of sp³-hybridized carbons (Fsp3) is 0.250. The van der Waals surface area contributed by atoms with Gasteiger partial charge in [-0.25, -0.2) is 4.98 Å². The van der Waals surface area contributed by atoms with Crippen molar-refractivity contribution in [2.75, 3.05) is 5.32 Å². The van der Waals surface area contributed by atoms with Crippen molar-refractivity contribution in [3.05, 3.63) is 53.7 Å². The molecule has 1 amide bonds. The van der Waals surface area contributed by atoms with Crippen LogP contribution in [0.3, 0.4) is 0 Å². The van der Waals surface area contributed by atoms with Gasteiger partial charge in [0.1, 0.15) is 0 Å². The molecule has 2 N–H and O–H groups in total. The van der Waals surface area contributed by atoms with Gasteiger partial charge in [-0.2, -0.15) is 0 Å². The average molecular weight is 286 g/mol. The van der Waals surface area contributed by atoms with E-state index < -0.39 is 0 Å². The van der Waals surface area contributed by atoms with E-state index in [-0.39, 0.29) is 23.6 Å². The third-order valence-electron chi connectivity index (χ3n) is 2.82. The minimum atomic E-state index is -0.319. The molecule has 0 aliphatic carbocycles. The normalized spacial score (nSPS) is 10.6. The lowest BCUT2D eigenvalue weighted by molar-refractivity contribution is 0.0657. The Morgan fingerprint density at radius 3 is 2.62 bits per heavy atom. The summed E-state index contributed by atoms with van der Waals surface area (Å²) in [5.74, 6) is -0.233. The van der Waals surface area contributed by atoms with Crippen molar-refractivity contribution >= 4 is 11.7 Å². The summed E-state index contributed by atoms with van der Waals surface area (Å²) in [6.07, 6.45) is 1.67. The summed E-state index contributed by atoms with van der Waals surface area (Å²) >= 11 is 0. The molecule has 1 aromatic heterocycles. The minimum absolute atomic E-state index is 0.0622. The molecule has 0 spiro atoms. The van der Waals surface area contributed by atoms with Gasteiger partial charge in [-0.05, 0) is 43.7 Å². The number of pyridine rings is 1. The molecule has 2 rings (SSSR count). The zero-order valence-electron chi connectivity index (χ0n) is 12.0. The number of hydrogen-bond acceptors (Lipinski definition) is 4. The Bertz CT molecular complexity index is 609. The van der Waals surface area contributed by atoms with Gasteiger partial charge >= 0.3 is 0 Å². The molecule has 0 saturated heterocycles. The summed E-state index contributed by atoms with van der Waals surface area (Å²) < 4.78 is 5.50. The van der Waals surface area contributed by atoms with Crippen molar-refractivity contribution in [3.63, 3.8) is 0 Å². The number of anilines is 1. The van der Waals surface area contributed by atoms with E-state index in [1.807, 2.05) is 26.0 Å². The topological polar surface area (TPSA) is 71.5 Å². The summed E-state index contributed by atoms with van der Waals surface area (Å²) in [4.78, 5) is 16.0. The van der Waals surface area contributed by atoms with Crippen LogP contribution < -0.4 is 5.32 Å². The highest BCUT2D eigenvalue weighted by Gasteiger charge is 2.09. The van der Waals surface area contributed by atoms with Gasteiger partial charge < -0.3 is 15.2 Å². The van der Waals surface area contributed by atoms with Crippen LogP contribution in [0.4, 0.5) is 5.82 Å². The Morgan fingerprint density at radius 1 is 1.29 bits per heavy atom. The average Bonchev–Trinajstić information content (AvgIpc) is 2.48. The summed E-state index contributed by atoms with van der Waals surface area (Å²) in [7, 11) is 0. The number of amides is 1. The number of nitrogens with one attached hydrogen (secondary N) is 1. The monoisotopic (exact) mass is 286 g/mol. The molecule has 110 valence electrons. The van der Waals surface area contributed by atoms with Gasteiger partial charge in [0.15, 0.2) is 11.6 Å². The highest BCUT2D eigenvalue weighted by Crippen LogP contribution is 2.19. The molecule has 0 unspecified atom stereocenters. The Morgan fingerprint density at radius 2 is 2.00 bits per heavy atom. The van der Waals surface area contributed by atoms with Crippen molar-refractivity contribution in [2.24, 2.45) is 0 Å². The number of benzene rings is 1. The van der Waals surface area contributed by atoms with E-state index in [4.69, 9.17) is 4.74 Å². The number of hydrogen-bond donors (Lipinski definition) is 2. The first kappa shape index (κ1) is 15.0. The zero-order valence-corrected chi connectivity index (χ0v) is 12.0. The Hall–Kier alpha value is -2.40. The number of aromatic nitrogens is 1. The SMILES string of the molecule is CC(C)OCc1ccc(C(=O)Nc2ncccc2O)cc1. The van der Waals surface area contributed by atoms with Gasteiger partial charge in [0.2, 0.25) is 0 Å². The first-order valence-electron chi connectivity index (χ1n) is 6.72. The molecule has 0 bridgehead atoms. The van der Waals surface area contributed by atoms with Crippen LogP contribution in [0.2, 0.25) is 0 Å². The number of nitrogens with zero attached hydrogens (tertiary/aromatic N) is 1. The van der Waals surface area contributed by atoms with E-state index in [0.717, 1.165) is 5.56 Å². The molecule has 0 fully saturated rings. The number of carbonyl (C=O) groups is 1. The van der Waals surface area contributed by atoms with Gasteiger partial charge in [0.25, 0.3) is 5.91 Å². The maximum absolute atomic E-state index is 12.1. The van der Waals surface area contributed by atoms with Crippen molar-refractivity contribution in [2.45, 2.75) is 26.6 Å². The predicted octanol–water partition coefficient (Wildman–Crippen LogP) is 2.96. The van der Waals surface area contributed by atoms with E-state index in [1.165, 1.54) is 12.3 Å². The first-order chi connectivity index (χ1) is 10.1. The molecule has 21 heavy (non-hydrogen) atoms. The highest BCUT2D eigenvalue weighted by molar-refractivity contribution is 6.04. The predicted molar refractivity (Wildman–Crippen MR) is 80.2 cm³/mol. The van der Waals surface area contributed by atoms with E-state index in [2.05, 4.69) is 10.3 Å². The molecule has 0 saturated carbocycles. The third-order valence-corrected chi connectivity index (χ3v) is 2.82. The number of aromatic hydroxyl groups is 1. The van der Waals surface area contributed by atoms with Crippen LogP contribution in [-0.4, -0.2) is 22.1 Å². The number of ether oxygens (including phenoxy) is 1. The van der Waals surface area contributed by atoms with Crippen LogP contribution in [-0.2, 0) is 11.3 Å². The lowest BCUT2D eigenvalue weighted by Gasteiger charge is -2.09. The second-order valence-electron chi connectivity index (χ2n) is 4.88. The lowest BCUT2D eigenvalue weighted by Crippen LogP contribution is -2.13. The van der Waals surface area contributed by atoms with Gasteiger partial charge in [-0.3, -0.25) is 4.79 Å². The maximum Gasteiger partial charge on any atom is 0.256 e. The Balaban J connectivity index is 2.01. The quantitative estimate of drug-likeness (QED) is 0.886. The molecule has 0 aliphatic rings. The van der Waals surface area contributed by atoms with E-state index in [1.54, 1.807) is 18.2 Å². The summed E-state index contributed by atoms with van der Waals surface area (Å²) in [5.41, 5.74) is 1.49. The van der Waals surface area contributed by atoms with Crippen LogP contribution in [0.1, 0.15) is 29.8 Å². The molecule has 1 aromatic carbocycles. The first-order valence-corrected chi connectivity index (χ1v) is 6.72. The number of carbonyl (C=O) groups excluding carboxylic acids is 1. The molecule has 5 heteroatoms. The Kier molecular flexibility index (Phi) is 4.90. The summed E-state index contributed by atoms with van der Waals surface area (Å²) in [6.45, 7) is 4.46. The number of rotatable bonds is 5. The molecular formula is C16H18N2O3. The second kappa shape index (κ2) is 6.85. The maximum atomic E-state index is 12.1. The summed E-state index contributed by atoms with van der Waals surface area (Å²) in [5, 5.41) is 12.1. The van der Waals surface area contributed by atoms with Crippen LogP contribution in [0.25, 0.3) is 0 Å². The van der Waals surface area contributed by atoms with E-state index in [0.29, 0.717) is 12.2 Å². The fourth-order valence-electron chi connectivity index (χ4n) is 1.69. The van der Waals surface area contributed by atoms with Crippen molar-refractivity contribution < 1.29 is 14.6 Å². The van der Waals surface area contributed by atoms with Gasteiger partial charge in [-0.15, -0.1) is 0 Å². The van der Waals surface area contributed by atoms with Crippen molar-refractivity contribution in [1.29, 1.82) is 0 Å². The van der Waals surface area contributed by atoms with Crippen molar-refractivity contribution in [3.8, 4) is 5.75 Å². The largest absolute Gasteiger partial charge is 0.504 e. The van der Waals surface area contributed by atoms with Crippen molar-refractivity contribution in [1.82, 2.24) is 4.98 Å². The van der Waals surface area contributed by atoms with Crippen LogP contribution >= 0.6 is 0 Å².